The fraction of sp³-hybridized carbons (Fsp3) is 0.421. The molecule has 2 aromatic heterocycles. The number of carbonyl (C=O) groups is 1. The van der Waals surface area contributed by atoms with Crippen molar-refractivity contribution >= 4 is 5.91 Å². The number of hydrogen-bond acceptors (Lipinski definition) is 4. The second-order valence-corrected chi connectivity index (χ2v) is 6.97. The number of nitrogens with zero attached hydrogens (tertiary/aromatic N) is 4. The predicted octanol–water partition coefficient (Wildman–Crippen LogP) is 2.35. The average molecular weight is 340 g/mol. The number of amides is 1. The van der Waals surface area contributed by atoms with E-state index in [-0.39, 0.29) is 17.5 Å². The van der Waals surface area contributed by atoms with Crippen LogP contribution in [0.3, 0.4) is 0 Å². The van der Waals surface area contributed by atoms with E-state index in [4.69, 9.17) is 0 Å². The lowest BCUT2D eigenvalue weighted by Gasteiger charge is -2.36. The van der Waals surface area contributed by atoms with Gasteiger partial charge in [-0.3, -0.25) is 19.7 Å². The molecule has 5 rings (SSSR count). The van der Waals surface area contributed by atoms with Crippen LogP contribution >= 0.6 is 0 Å². The van der Waals surface area contributed by atoms with Gasteiger partial charge in [0.15, 0.2) is 5.82 Å². The molecule has 2 atom stereocenters. The summed E-state index contributed by atoms with van der Waals surface area (Å²) < 4.78 is 14.0. The monoisotopic (exact) mass is 340 g/mol. The smallest absolute Gasteiger partial charge is 0.257 e. The molecular formula is C19H21FN4O. The molecule has 0 radical (unpaired) electrons. The molecule has 3 saturated heterocycles. The van der Waals surface area contributed by atoms with E-state index >= 15 is 0 Å². The van der Waals surface area contributed by atoms with E-state index in [1.165, 1.54) is 17.8 Å². The van der Waals surface area contributed by atoms with Crippen LogP contribution < -0.4 is 0 Å². The van der Waals surface area contributed by atoms with Crippen LogP contribution in [0.5, 0.6) is 0 Å². The third-order valence-corrected chi connectivity index (χ3v) is 5.18. The highest BCUT2D eigenvalue weighted by Gasteiger charge is 2.37. The Morgan fingerprint density at radius 2 is 2.00 bits per heavy atom. The molecule has 2 aromatic rings. The van der Waals surface area contributed by atoms with Gasteiger partial charge in [0, 0.05) is 50.8 Å². The van der Waals surface area contributed by atoms with Crippen molar-refractivity contribution in [1.82, 2.24) is 19.8 Å². The minimum absolute atomic E-state index is 0.126. The van der Waals surface area contributed by atoms with Gasteiger partial charge < -0.3 is 4.90 Å². The summed E-state index contributed by atoms with van der Waals surface area (Å²) in [7, 11) is 0. The average Bonchev–Trinajstić information content (AvgIpc) is 2.93. The van der Waals surface area contributed by atoms with Crippen LogP contribution in [-0.4, -0.2) is 51.4 Å². The Balaban J connectivity index is 1.52. The van der Waals surface area contributed by atoms with Gasteiger partial charge in [0.05, 0.1) is 11.8 Å². The predicted molar refractivity (Wildman–Crippen MR) is 91.3 cm³/mol. The van der Waals surface area contributed by atoms with E-state index in [1.807, 2.05) is 17.2 Å². The van der Waals surface area contributed by atoms with Crippen LogP contribution in [0.4, 0.5) is 4.39 Å². The molecule has 0 aromatic carbocycles. The molecule has 25 heavy (non-hydrogen) atoms. The summed E-state index contributed by atoms with van der Waals surface area (Å²) in [5.41, 5.74) is 1.31. The van der Waals surface area contributed by atoms with E-state index in [9.17, 15) is 9.18 Å². The molecule has 2 bridgehead atoms. The Kier molecular flexibility index (Phi) is 4.44. The number of carbonyl (C=O) groups excluding carboxylic acids is 1. The maximum Gasteiger partial charge on any atom is 0.257 e. The maximum absolute atomic E-state index is 14.0. The SMILES string of the molecule is O=C(c1ccncc1F)N1C[C@H]2CC[C@@H]1CN(Cc1cccnc1)C2. The van der Waals surface area contributed by atoms with Gasteiger partial charge in [0.25, 0.3) is 5.91 Å². The lowest BCUT2D eigenvalue weighted by Crippen LogP contribution is -2.47. The van der Waals surface area contributed by atoms with E-state index in [1.54, 1.807) is 6.20 Å². The van der Waals surface area contributed by atoms with Crippen molar-refractivity contribution in [2.75, 3.05) is 19.6 Å². The third kappa shape index (κ3) is 3.39. The van der Waals surface area contributed by atoms with Crippen LogP contribution in [0.15, 0.2) is 43.0 Å². The lowest BCUT2D eigenvalue weighted by atomic mass is 9.94. The number of halogens is 1. The summed E-state index contributed by atoms with van der Waals surface area (Å²) in [4.78, 5) is 25.0. The molecule has 0 unspecified atom stereocenters. The summed E-state index contributed by atoms with van der Waals surface area (Å²) in [5, 5.41) is 0. The fourth-order valence-electron chi connectivity index (χ4n) is 4.01. The van der Waals surface area contributed by atoms with Gasteiger partial charge in [-0.05, 0) is 36.5 Å². The van der Waals surface area contributed by atoms with E-state index in [2.05, 4.69) is 20.9 Å². The third-order valence-electron chi connectivity index (χ3n) is 5.18. The Labute approximate surface area is 146 Å². The molecule has 3 aliphatic rings. The first-order valence-electron chi connectivity index (χ1n) is 8.72. The van der Waals surface area contributed by atoms with E-state index in [0.29, 0.717) is 12.5 Å². The number of fused-ring (bicyclic) bond motifs is 4. The summed E-state index contributed by atoms with van der Waals surface area (Å²) >= 11 is 0. The highest BCUT2D eigenvalue weighted by atomic mass is 19.1. The molecule has 1 amide bonds. The second kappa shape index (κ2) is 6.88. The van der Waals surface area contributed by atoms with Gasteiger partial charge >= 0.3 is 0 Å². The quantitative estimate of drug-likeness (QED) is 0.861. The number of rotatable bonds is 3. The first-order chi connectivity index (χ1) is 12.2. The highest BCUT2D eigenvalue weighted by Crippen LogP contribution is 2.30. The molecule has 5 heterocycles. The molecule has 0 spiro atoms. The number of hydrogen-bond donors (Lipinski definition) is 0. The topological polar surface area (TPSA) is 49.3 Å². The van der Waals surface area contributed by atoms with E-state index < -0.39 is 5.82 Å². The Morgan fingerprint density at radius 3 is 2.80 bits per heavy atom. The minimum Gasteiger partial charge on any atom is -0.334 e. The van der Waals surface area contributed by atoms with Crippen molar-refractivity contribution in [2.24, 2.45) is 5.92 Å². The normalized spacial score (nSPS) is 23.5. The van der Waals surface area contributed by atoms with Crippen molar-refractivity contribution in [1.29, 1.82) is 0 Å². The molecule has 5 nitrogen and oxygen atoms in total. The van der Waals surface area contributed by atoms with Gasteiger partial charge in [-0.15, -0.1) is 0 Å². The fourth-order valence-corrected chi connectivity index (χ4v) is 4.01. The summed E-state index contributed by atoms with van der Waals surface area (Å²) in [5.74, 6) is -0.318. The van der Waals surface area contributed by atoms with Crippen LogP contribution in [0.2, 0.25) is 0 Å². The number of pyridine rings is 2. The first kappa shape index (κ1) is 16.1. The highest BCUT2D eigenvalue weighted by molar-refractivity contribution is 5.94. The Bertz CT molecular complexity index is 754. The van der Waals surface area contributed by atoms with Crippen LogP contribution in [0.1, 0.15) is 28.8 Å². The number of aromatic nitrogens is 2. The van der Waals surface area contributed by atoms with Gasteiger partial charge in [-0.2, -0.15) is 0 Å². The minimum atomic E-state index is -0.542. The largest absolute Gasteiger partial charge is 0.334 e. The molecular weight excluding hydrogens is 319 g/mol. The summed E-state index contributed by atoms with van der Waals surface area (Å²) in [6, 6.07) is 5.64. The standard InChI is InChI=1S/C19H21FN4O/c20-18-9-22-7-5-17(18)19(25)24-12-15-3-4-16(24)13-23(11-15)10-14-2-1-6-21-8-14/h1-2,5-9,15-16H,3-4,10-13H2/t15-,16+/m0/s1. The maximum atomic E-state index is 14.0. The van der Waals surface area contributed by atoms with Gasteiger partial charge in [0.1, 0.15) is 0 Å². The Morgan fingerprint density at radius 1 is 1.12 bits per heavy atom. The second-order valence-electron chi connectivity index (χ2n) is 6.97. The molecule has 3 fully saturated rings. The van der Waals surface area contributed by atoms with Crippen molar-refractivity contribution in [3.63, 3.8) is 0 Å². The molecule has 130 valence electrons. The molecule has 0 saturated carbocycles. The van der Waals surface area contributed by atoms with Crippen LogP contribution in [-0.2, 0) is 6.54 Å². The van der Waals surface area contributed by atoms with E-state index in [0.717, 1.165) is 38.7 Å². The Hall–Kier alpha value is -2.34. The summed E-state index contributed by atoms with van der Waals surface area (Å²) in [6.07, 6.45) is 8.35. The van der Waals surface area contributed by atoms with Crippen molar-refractivity contribution in [3.05, 3.63) is 59.9 Å². The molecule has 0 N–H and O–H groups in total. The molecule has 6 heteroatoms. The molecule has 0 aliphatic carbocycles. The summed E-state index contributed by atoms with van der Waals surface area (Å²) in [6.45, 7) is 3.33. The zero-order valence-corrected chi connectivity index (χ0v) is 14.0. The van der Waals surface area contributed by atoms with Crippen LogP contribution in [0.25, 0.3) is 0 Å². The van der Waals surface area contributed by atoms with Crippen molar-refractivity contribution in [3.8, 4) is 0 Å². The number of piperidine rings is 1. The zero-order valence-electron chi connectivity index (χ0n) is 14.0. The first-order valence-corrected chi connectivity index (χ1v) is 8.72. The van der Waals surface area contributed by atoms with Crippen molar-refractivity contribution < 1.29 is 9.18 Å². The zero-order chi connectivity index (χ0) is 17.2. The molecule has 3 aliphatic heterocycles. The van der Waals surface area contributed by atoms with Crippen LogP contribution in [0, 0.1) is 11.7 Å². The lowest BCUT2D eigenvalue weighted by molar-refractivity contribution is 0.0580. The van der Waals surface area contributed by atoms with Crippen molar-refractivity contribution in [2.45, 2.75) is 25.4 Å². The van der Waals surface area contributed by atoms with Gasteiger partial charge in [-0.25, -0.2) is 4.39 Å². The van der Waals surface area contributed by atoms with Gasteiger partial charge in [0.2, 0.25) is 0 Å². The van der Waals surface area contributed by atoms with Gasteiger partial charge in [-0.1, -0.05) is 6.07 Å².